The summed E-state index contributed by atoms with van der Waals surface area (Å²) in [6.07, 6.45) is 5.31. The molecule has 0 aliphatic rings. The lowest BCUT2D eigenvalue weighted by atomic mass is 10.0. The Labute approximate surface area is 207 Å². The van der Waals surface area contributed by atoms with Crippen LogP contribution in [0.1, 0.15) is 36.3 Å². The van der Waals surface area contributed by atoms with Gasteiger partial charge in [0, 0.05) is 57.5 Å². The maximum Gasteiger partial charge on any atom is 0.275 e. The molecule has 0 aliphatic carbocycles. The summed E-state index contributed by atoms with van der Waals surface area (Å²) in [6, 6.07) is 12.7. The fraction of sp³-hybridized carbons (Fsp3) is 0.192. The highest BCUT2D eigenvalue weighted by atomic mass is 32.1. The summed E-state index contributed by atoms with van der Waals surface area (Å²) in [6.45, 7) is 3.92. The van der Waals surface area contributed by atoms with Crippen LogP contribution in [0.3, 0.4) is 0 Å². The number of nitrogens with two attached hydrogens (primary N) is 2. The highest BCUT2D eigenvalue weighted by Gasteiger charge is 2.17. The van der Waals surface area contributed by atoms with E-state index in [-0.39, 0.29) is 5.91 Å². The number of nitrogen functional groups attached to an aromatic ring is 2. The number of nitrogens with one attached hydrogen (secondary N) is 1. The normalized spacial score (nSPS) is 11.7. The number of furan rings is 1. The molecule has 6 N–H and O–H groups in total. The molecule has 0 fully saturated rings. The number of thiazole rings is 1. The fourth-order valence-corrected chi connectivity index (χ4v) is 4.17. The van der Waals surface area contributed by atoms with E-state index in [4.69, 9.17) is 15.9 Å². The highest BCUT2D eigenvalue weighted by molar-refractivity contribution is 7.13. The van der Waals surface area contributed by atoms with Gasteiger partial charge in [-0.1, -0.05) is 12.1 Å². The molecule has 4 rings (SSSR count). The molecule has 0 bridgehead atoms. The number of aliphatic imine (C=N–C) groups is 1. The number of hydrogen-bond acceptors (Lipinski definition) is 8. The summed E-state index contributed by atoms with van der Waals surface area (Å²) < 4.78 is 5.23. The van der Waals surface area contributed by atoms with Crippen LogP contribution in [-0.4, -0.2) is 34.4 Å². The van der Waals surface area contributed by atoms with Crippen molar-refractivity contribution in [1.29, 1.82) is 0 Å². The fourth-order valence-electron chi connectivity index (χ4n) is 3.37. The Morgan fingerprint density at radius 3 is 2.77 bits per heavy atom. The number of aliphatic hydroxyl groups is 1. The first-order chi connectivity index (χ1) is 16.7. The maximum absolute atomic E-state index is 13.1. The Morgan fingerprint density at radius 2 is 2.06 bits per heavy atom. The van der Waals surface area contributed by atoms with E-state index < -0.39 is 5.60 Å². The van der Waals surface area contributed by atoms with E-state index in [1.54, 1.807) is 62.2 Å². The van der Waals surface area contributed by atoms with Crippen LogP contribution in [0.2, 0.25) is 0 Å². The standard InChI is InChI=1S/C26H27N5O3S/c1-26(2,33)7-8-29-13-18-11-22(20(12-21(18)28)17-6-9-34-14-17)30-24(32)23-15-35-25(31-23)16-4-3-5-19(27)10-16/h3-6,9-15,33H,7-8,27-28H2,1-2H3,(H,30,32). The highest BCUT2D eigenvalue weighted by Crippen LogP contribution is 2.33. The first-order valence-electron chi connectivity index (χ1n) is 11.0. The number of anilines is 3. The summed E-state index contributed by atoms with van der Waals surface area (Å²) in [7, 11) is 0. The molecule has 0 saturated heterocycles. The number of carbonyl (C=O) groups is 1. The van der Waals surface area contributed by atoms with Gasteiger partial charge >= 0.3 is 0 Å². The molecule has 9 heteroatoms. The number of aromatic nitrogens is 1. The van der Waals surface area contributed by atoms with Crippen molar-refractivity contribution >= 4 is 40.5 Å². The van der Waals surface area contributed by atoms with Gasteiger partial charge in [0.15, 0.2) is 0 Å². The third-order valence-electron chi connectivity index (χ3n) is 5.26. The molecule has 0 saturated carbocycles. The van der Waals surface area contributed by atoms with Crippen LogP contribution >= 0.6 is 11.3 Å². The average Bonchev–Trinajstić information content (AvgIpc) is 3.50. The monoisotopic (exact) mass is 489 g/mol. The summed E-state index contributed by atoms with van der Waals surface area (Å²) in [5.74, 6) is -0.351. The van der Waals surface area contributed by atoms with Gasteiger partial charge in [-0.25, -0.2) is 4.98 Å². The van der Waals surface area contributed by atoms with Gasteiger partial charge in [0.05, 0.1) is 18.1 Å². The van der Waals surface area contributed by atoms with Crippen LogP contribution in [0, 0.1) is 0 Å². The van der Waals surface area contributed by atoms with Gasteiger partial charge in [-0.05, 0) is 50.6 Å². The number of hydrogen-bond donors (Lipinski definition) is 4. The zero-order chi connectivity index (χ0) is 25.0. The molecule has 2 aromatic heterocycles. The summed E-state index contributed by atoms with van der Waals surface area (Å²) in [4.78, 5) is 22.0. The van der Waals surface area contributed by atoms with Crippen molar-refractivity contribution in [2.75, 3.05) is 23.3 Å². The van der Waals surface area contributed by atoms with E-state index in [2.05, 4.69) is 15.3 Å². The molecule has 1 amide bonds. The second-order valence-corrected chi connectivity index (χ2v) is 9.61. The van der Waals surface area contributed by atoms with Crippen molar-refractivity contribution in [3.05, 3.63) is 71.6 Å². The first kappa shape index (κ1) is 24.2. The van der Waals surface area contributed by atoms with Crippen molar-refractivity contribution in [3.8, 4) is 21.7 Å². The van der Waals surface area contributed by atoms with Gasteiger partial charge in [-0.2, -0.15) is 0 Å². The van der Waals surface area contributed by atoms with Crippen molar-refractivity contribution in [2.45, 2.75) is 25.9 Å². The van der Waals surface area contributed by atoms with Gasteiger partial charge in [0.2, 0.25) is 0 Å². The second-order valence-electron chi connectivity index (χ2n) is 8.75. The van der Waals surface area contributed by atoms with Crippen molar-refractivity contribution in [3.63, 3.8) is 0 Å². The molecule has 0 radical (unpaired) electrons. The molecule has 2 aromatic carbocycles. The lowest BCUT2D eigenvalue weighted by Crippen LogP contribution is -2.19. The van der Waals surface area contributed by atoms with Crippen LogP contribution in [-0.2, 0) is 0 Å². The summed E-state index contributed by atoms with van der Waals surface area (Å²) in [5.41, 5.74) is 16.3. The van der Waals surface area contributed by atoms with Gasteiger partial charge < -0.3 is 26.3 Å². The molecular weight excluding hydrogens is 462 g/mol. The van der Waals surface area contributed by atoms with Gasteiger partial charge in [0.25, 0.3) is 5.91 Å². The third kappa shape index (κ3) is 6.14. The molecule has 0 spiro atoms. The minimum absolute atomic E-state index is 0.294. The van der Waals surface area contributed by atoms with E-state index in [9.17, 15) is 9.90 Å². The Morgan fingerprint density at radius 1 is 1.23 bits per heavy atom. The molecule has 4 aromatic rings. The van der Waals surface area contributed by atoms with Gasteiger partial charge in [-0.15, -0.1) is 11.3 Å². The maximum atomic E-state index is 13.1. The van der Waals surface area contributed by atoms with Gasteiger partial charge in [-0.3, -0.25) is 9.79 Å². The summed E-state index contributed by atoms with van der Waals surface area (Å²) in [5, 5.41) is 15.3. The minimum atomic E-state index is -0.801. The van der Waals surface area contributed by atoms with Crippen LogP contribution in [0.4, 0.5) is 17.1 Å². The van der Waals surface area contributed by atoms with Crippen LogP contribution in [0.15, 0.2) is 69.8 Å². The largest absolute Gasteiger partial charge is 0.472 e. The number of nitrogens with zero attached hydrogens (tertiary/aromatic N) is 2. The molecule has 180 valence electrons. The molecule has 2 heterocycles. The Kier molecular flexibility index (Phi) is 6.99. The Balaban J connectivity index is 1.61. The average molecular weight is 490 g/mol. The van der Waals surface area contributed by atoms with E-state index in [1.807, 2.05) is 18.2 Å². The van der Waals surface area contributed by atoms with E-state index >= 15 is 0 Å². The number of benzene rings is 2. The lowest BCUT2D eigenvalue weighted by Gasteiger charge is -2.15. The van der Waals surface area contributed by atoms with Crippen LogP contribution < -0.4 is 16.8 Å². The third-order valence-corrected chi connectivity index (χ3v) is 6.15. The zero-order valence-electron chi connectivity index (χ0n) is 19.5. The zero-order valence-corrected chi connectivity index (χ0v) is 20.3. The smallest absolute Gasteiger partial charge is 0.275 e. The van der Waals surface area contributed by atoms with E-state index in [0.29, 0.717) is 51.9 Å². The first-order valence-corrected chi connectivity index (χ1v) is 11.9. The van der Waals surface area contributed by atoms with Crippen molar-refractivity contribution in [2.24, 2.45) is 4.99 Å². The molecule has 0 unspecified atom stereocenters. The van der Waals surface area contributed by atoms with Crippen molar-refractivity contribution in [1.82, 2.24) is 4.98 Å². The molecule has 35 heavy (non-hydrogen) atoms. The van der Waals surface area contributed by atoms with Gasteiger partial charge in [0.1, 0.15) is 10.7 Å². The van der Waals surface area contributed by atoms with Crippen molar-refractivity contribution < 1.29 is 14.3 Å². The molecule has 0 atom stereocenters. The van der Waals surface area contributed by atoms with E-state index in [1.165, 1.54) is 11.3 Å². The Bertz CT molecular complexity index is 1350. The predicted octanol–water partition coefficient (Wildman–Crippen LogP) is 5.07. The number of rotatable bonds is 8. The van der Waals surface area contributed by atoms with E-state index in [0.717, 1.165) is 11.1 Å². The lowest BCUT2D eigenvalue weighted by molar-refractivity contribution is 0.0739. The SMILES string of the molecule is CC(C)(O)CCN=Cc1cc(NC(=O)c2csc(-c3cccc(N)c3)n2)c(-c2ccoc2)cc1N. The summed E-state index contributed by atoms with van der Waals surface area (Å²) >= 11 is 1.37. The number of carbonyl (C=O) groups excluding carboxylic acids is 1. The topological polar surface area (TPSA) is 140 Å². The molecule has 8 nitrogen and oxygen atoms in total. The minimum Gasteiger partial charge on any atom is -0.472 e. The quantitative estimate of drug-likeness (QED) is 0.201. The predicted molar refractivity (Wildman–Crippen MR) is 142 cm³/mol. The van der Waals surface area contributed by atoms with Crippen LogP contribution in [0.25, 0.3) is 21.7 Å². The molecular formula is C26H27N5O3S. The second kappa shape index (κ2) is 10.1. The Hall–Kier alpha value is -3.95. The molecule has 0 aliphatic heterocycles. The van der Waals surface area contributed by atoms with Crippen LogP contribution in [0.5, 0.6) is 0 Å². The number of amides is 1.